The van der Waals surface area contributed by atoms with Crippen molar-refractivity contribution in [2.75, 3.05) is 13.7 Å². The van der Waals surface area contributed by atoms with E-state index in [4.69, 9.17) is 4.74 Å². The molecular weight excluding hydrogens is 386 g/mol. The molecule has 0 saturated carbocycles. The first-order chi connectivity index (χ1) is 14.0. The first-order valence-electron chi connectivity index (χ1n) is 9.53. The van der Waals surface area contributed by atoms with Crippen molar-refractivity contribution in [2.24, 2.45) is 0 Å². The Bertz CT molecular complexity index is 910. The van der Waals surface area contributed by atoms with Crippen LogP contribution >= 0.6 is 0 Å². The Morgan fingerprint density at radius 1 is 1.28 bits per heavy atom. The number of fused-ring (bicyclic) bond motifs is 1. The van der Waals surface area contributed by atoms with Crippen molar-refractivity contribution in [3.8, 4) is 11.5 Å². The molecule has 0 saturated heterocycles. The average Bonchev–Trinajstić information content (AvgIpc) is 2.84. The topological polar surface area (TPSA) is 87.4 Å². The van der Waals surface area contributed by atoms with Crippen molar-refractivity contribution in [3.05, 3.63) is 40.1 Å². The lowest BCUT2D eigenvalue weighted by molar-refractivity contribution is -0.121. The van der Waals surface area contributed by atoms with Crippen molar-refractivity contribution < 1.29 is 23.0 Å². The van der Waals surface area contributed by atoms with Crippen molar-refractivity contribution in [3.63, 3.8) is 0 Å². The second-order valence-electron chi connectivity index (χ2n) is 6.78. The molecule has 0 atom stereocenters. The van der Waals surface area contributed by atoms with Crippen LogP contribution in [0.25, 0.3) is 0 Å². The highest BCUT2D eigenvalue weighted by molar-refractivity contribution is 5.75. The molecule has 29 heavy (non-hydrogen) atoms. The summed E-state index contributed by atoms with van der Waals surface area (Å²) in [7, 11) is 1.37. The minimum Gasteiger partial charge on any atom is -0.493 e. The Morgan fingerprint density at radius 2 is 2.10 bits per heavy atom. The number of aryl methyl sites for hydroxylation is 1. The Balaban J connectivity index is 1.55. The lowest BCUT2D eigenvalue weighted by Crippen LogP contribution is -2.34. The molecule has 2 heterocycles. The van der Waals surface area contributed by atoms with E-state index in [1.54, 1.807) is 10.6 Å². The SMILES string of the molecule is COc1ccc(CCNC(=O)Cn2nc3n(c2=O)CCCCC3)cc1OC(F)F. The summed E-state index contributed by atoms with van der Waals surface area (Å²) < 4.78 is 37.3. The van der Waals surface area contributed by atoms with Gasteiger partial charge in [-0.05, 0) is 37.0 Å². The molecule has 158 valence electrons. The average molecular weight is 410 g/mol. The van der Waals surface area contributed by atoms with Gasteiger partial charge in [0.15, 0.2) is 11.5 Å². The van der Waals surface area contributed by atoms with Crippen LogP contribution in [0.2, 0.25) is 0 Å². The zero-order chi connectivity index (χ0) is 20.8. The first kappa shape index (κ1) is 20.8. The van der Waals surface area contributed by atoms with Crippen LogP contribution < -0.4 is 20.5 Å². The third kappa shape index (κ3) is 5.33. The monoisotopic (exact) mass is 410 g/mol. The maximum Gasteiger partial charge on any atom is 0.387 e. The van der Waals surface area contributed by atoms with E-state index in [-0.39, 0.29) is 36.2 Å². The number of ether oxygens (including phenoxy) is 2. The highest BCUT2D eigenvalue weighted by atomic mass is 19.3. The van der Waals surface area contributed by atoms with Gasteiger partial charge in [-0.1, -0.05) is 12.5 Å². The fourth-order valence-electron chi connectivity index (χ4n) is 3.33. The van der Waals surface area contributed by atoms with Gasteiger partial charge in [0, 0.05) is 19.5 Å². The number of hydrogen-bond acceptors (Lipinski definition) is 5. The predicted octanol–water partition coefficient (Wildman–Crippen LogP) is 1.74. The number of rotatable bonds is 8. The molecule has 1 N–H and O–H groups in total. The number of nitrogens with one attached hydrogen (secondary N) is 1. The van der Waals surface area contributed by atoms with Crippen LogP contribution in [0.3, 0.4) is 0 Å². The van der Waals surface area contributed by atoms with E-state index in [9.17, 15) is 18.4 Å². The molecule has 10 heteroatoms. The molecule has 0 aliphatic carbocycles. The van der Waals surface area contributed by atoms with Crippen LogP contribution in [0.5, 0.6) is 11.5 Å². The molecule has 1 amide bonds. The second-order valence-corrected chi connectivity index (χ2v) is 6.78. The molecule has 1 aromatic heterocycles. The van der Waals surface area contributed by atoms with Crippen molar-refractivity contribution in [1.29, 1.82) is 0 Å². The molecule has 0 unspecified atom stereocenters. The van der Waals surface area contributed by atoms with E-state index in [0.29, 0.717) is 18.5 Å². The molecule has 1 aliphatic rings. The van der Waals surface area contributed by atoms with Crippen molar-refractivity contribution >= 4 is 5.91 Å². The molecule has 0 spiro atoms. The van der Waals surface area contributed by atoms with Crippen LogP contribution in [-0.2, 0) is 30.7 Å². The molecule has 0 radical (unpaired) electrons. The van der Waals surface area contributed by atoms with Gasteiger partial charge in [0.05, 0.1) is 7.11 Å². The third-order valence-corrected chi connectivity index (χ3v) is 4.75. The van der Waals surface area contributed by atoms with Gasteiger partial charge in [-0.3, -0.25) is 9.36 Å². The van der Waals surface area contributed by atoms with Crippen LogP contribution in [0.1, 0.15) is 30.7 Å². The zero-order valence-electron chi connectivity index (χ0n) is 16.2. The fourth-order valence-corrected chi connectivity index (χ4v) is 3.33. The lowest BCUT2D eigenvalue weighted by Gasteiger charge is -2.12. The smallest absolute Gasteiger partial charge is 0.387 e. The number of carbonyl (C=O) groups is 1. The lowest BCUT2D eigenvalue weighted by atomic mass is 10.1. The molecule has 3 rings (SSSR count). The summed E-state index contributed by atoms with van der Waals surface area (Å²) in [5, 5.41) is 7.00. The number of hydrogen-bond donors (Lipinski definition) is 1. The summed E-state index contributed by atoms with van der Waals surface area (Å²) in [5.74, 6) is 0.539. The van der Waals surface area contributed by atoms with Gasteiger partial charge in [-0.2, -0.15) is 13.9 Å². The summed E-state index contributed by atoms with van der Waals surface area (Å²) in [5.41, 5.74) is 0.439. The minimum atomic E-state index is -2.96. The largest absolute Gasteiger partial charge is 0.493 e. The standard InChI is InChI=1S/C19H24F2N4O4/c1-28-14-7-6-13(11-15(14)29-18(20)21)8-9-22-17(26)12-25-19(27)24-10-4-2-3-5-16(24)23-25/h6-7,11,18H,2-5,8-10,12H2,1H3,(H,22,26). The van der Waals surface area contributed by atoms with E-state index in [2.05, 4.69) is 15.2 Å². The molecule has 0 bridgehead atoms. The van der Waals surface area contributed by atoms with E-state index >= 15 is 0 Å². The molecule has 0 fully saturated rings. The number of benzene rings is 1. The van der Waals surface area contributed by atoms with Crippen molar-refractivity contribution in [2.45, 2.75) is 51.8 Å². The Labute approximate surface area is 166 Å². The Kier molecular flexibility index (Phi) is 6.84. The maximum atomic E-state index is 12.5. The third-order valence-electron chi connectivity index (χ3n) is 4.75. The second kappa shape index (κ2) is 9.53. The van der Waals surface area contributed by atoms with Crippen LogP contribution in [-0.4, -0.2) is 40.5 Å². The zero-order valence-corrected chi connectivity index (χ0v) is 16.2. The summed E-state index contributed by atoms with van der Waals surface area (Å²) in [6.07, 6.45) is 4.14. The summed E-state index contributed by atoms with van der Waals surface area (Å²) in [6.45, 7) is -2.19. The van der Waals surface area contributed by atoms with E-state index < -0.39 is 6.61 Å². The molecule has 1 aliphatic heterocycles. The number of carbonyl (C=O) groups excluding carboxylic acids is 1. The number of methoxy groups -OCH3 is 1. The summed E-state index contributed by atoms with van der Waals surface area (Å²) >= 11 is 0. The Hall–Kier alpha value is -2.91. The number of aromatic nitrogens is 3. The maximum absolute atomic E-state index is 12.5. The quantitative estimate of drug-likeness (QED) is 0.716. The number of alkyl halides is 2. The van der Waals surface area contributed by atoms with Gasteiger partial charge in [-0.15, -0.1) is 0 Å². The number of nitrogens with zero attached hydrogens (tertiary/aromatic N) is 3. The van der Waals surface area contributed by atoms with E-state index in [1.165, 1.54) is 23.9 Å². The van der Waals surface area contributed by atoms with Gasteiger partial charge >= 0.3 is 12.3 Å². The number of amides is 1. The van der Waals surface area contributed by atoms with E-state index in [1.807, 2.05) is 0 Å². The normalized spacial score (nSPS) is 13.7. The predicted molar refractivity (Wildman–Crippen MR) is 100 cm³/mol. The summed E-state index contributed by atoms with van der Waals surface area (Å²) in [4.78, 5) is 24.6. The highest BCUT2D eigenvalue weighted by Gasteiger charge is 2.17. The minimum absolute atomic E-state index is 0.0580. The van der Waals surface area contributed by atoms with Gasteiger partial charge in [-0.25, -0.2) is 9.48 Å². The van der Waals surface area contributed by atoms with Crippen LogP contribution in [0.15, 0.2) is 23.0 Å². The Morgan fingerprint density at radius 3 is 2.86 bits per heavy atom. The van der Waals surface area contributed by atoms with Crippen molar-refractivity contribution in [1.82, 2.24) is 19.7 Å². The molecule has 8 nitrogen and oxygen atoms in total. The van der Waals surface area contributed by atoms with Gasteiger partial charge in [0.2, 0.25) is 5.91 Å². The van der Waals surface area contributed by atoms with Crippen LogP contribution in [0, 0.1) is 0 Å². The molecule has 1 aromatic carbocycles. The first-order valence-corrected chi connectivity index (χ1v) is 9.53. The van der Waals surface area contributed by atoms with Gasteiger partial charge in [0.25, 0.3) is 0 Å². The van der Waals surface area contributed by atoms with E-state index in [0.717, 1.165) is 31.5 Å². The number of halogens is 2. The van der Waals surface area contributed by atoms with Gasteiger partial charge < -0.3 is 14.8 Å². The highest BCUT2D eigenvalue weighted by Crippen LogP contribution is 2.29. The molecule has 2 aromatic rings. The fraction of sp³-hybridized carbons (Fsp3) is 0.526. The molecular formula is C19H24F2N4O4. The summed E-state index contributed by atoms with van der Waals surface area (Å²) in [6, 6.07) is 4.70. The van der Waals surface area contributed by atoms with Gasteiger partial charge in [0.1, 0.15) is 12.4 Å². The van der Waals surface area contributed by atoms with Crippen LogP contribution in [0.4, 0.5) is 8.78 Å².